The lowest BCUT2D eigenvalue weighted by atomic mass is 9.59. The average Bonchev–Trinajstić information content (AvgIpc) is 3.70. The van der Waals surface area contributed by atoms with Crippen molar-refractivity contribution in [2.75, 3.05) is 0 Å². The van der Waals surface area contributed by atoms with Crippen molar-refractivity contribution in [3.05, 3.63) is 126 Å². The van der Waals surface area contributed by atoms with Gasteiger partial charge in [0, 0.05) is 46.6 Å². The Balaban J connectivity index is 0.000000150. The molecule has 47 heavy (non-hydrogen) atoms. The Morgan fingerprint density at radius 3 is 1.64 bits per heavy atom. The van der Waals surface area contributed by atoms with Gasteiger partial charge in [0.25, 0.3) is 0 Å². The zero-order valence-corrected chi connectivity index (χ0v) is 30.0. The molecule has 4 aromatic rings. The van der Waals surface area contributed by atoms with E-state index < -0.39 is 0 Å². The number of thiazole rings is 2. The van der Waals surface area contributed by atoms with Crippen LogP contribution in [0.1, 0.15) is 106 Å². The number of carbonyl (C=O) groups excluding carboxylic acids is 2. The fourth-order valence-corrected chi connectivity index (χ4v) is 11.2. The van der Waals surface area contributed by atoms with Crippen molar-refractivity contribution in [1.29, 1.82) is 0 Å². The maximum Gasteiger partial charge on any atom is 0.160 e. The maximum atomic E-state index is 13.3. The van der Waals surface area contributed by atoms with Crippen LogP contribution in [0.15, 0.2) is 94.0 Å². The molecule has 2 atom stereocenters. The Bertz CT molecular complexity index is 1930. The molecule has 0 aliphatic heterocycles. The summed E-state index contributed by atoms with van der Waals surface area (Å²) in [5.74, 6) is 0.660. The number of allylic oxidation sites excluding steroid dienone is 4. The Labute approximate surface area is 287 Å². The predicted octanol–water partition coefficient (Wildman–Crippen LogP) is 9.77. The number of fused-ring (bicyclic) bond motifs is 2. The van der Waals surface area contributed by atoms with Gasteiger partial charge in [0.2, 0.25) is 0 Å². The zero-order valence-electron chi connectivity index (χ0n) is 28.4. The molecule has 6 heteroatoms. The third-order valence-electron chi connectivity index (χ3n) is 10.9. The third kappa shape index (κ3) is 5.23. The van der Waals surface area contributed by atoms with Crippen LogP contribution in [0.25, 0.3) is 0 Å². The summed E-state index contributed by atoms with van der Waals surface area (Å²) in [6, 6.07) is 21.0. The summed E-state index contributed by atoms with van der Waals surface area (Å²) in [5.41, 5.74) is 12.8. The molecule has 2 aromatic heterocycles. The molecule has 0 radical (unpaired) electrons. The molecule has 4 aliphatic rings. The van der Waals surface area contributed by atoms with E-state index in [1.54, 1.807) is 22.7 Å². The molecule has 4 aliphatic carbocycles. The monoisotopic (exact) mass is 660 g/mol. The fraction of sp³-hybridized carbons (Fsp3) is 0.415. The second kappa shape index (κ2) is 11.6. The second-order valence-corrected chi connectivity index (χ2v) is 17.3. The van der Waals surface area contributed by atoms with Crippen LogP contribution < -0.4 is 0 Å². The van der Waals surface area contributed by atoms with E-state index in [9.17, 15) is 9.59 Å². The first-order chi connectivity index (χ1) is 22.4. The molecule has 8 rings (SSSR count). The van der Waals surface area contributed by atoms with Crippen LogP contribution in [0.5, 0.6) is 0 Å². The van der Waals surface area contributed by atoms with Gasteiger partial charge in [-0.3, -0.25) is 9.59 Å². The van der Waals surface area contributed by atoms with Gasteiger partial charge >= 0.3 is 0 Å². The quantitative estimate of drug-likeness (QED) is 0.220. The molecule has 0 bridgehead atoms. The summed E-state index contributed by atoms with van der Waals surface area (Å²) < 4.78 is 0. The molecule has 2 heterocycles. The van der Waals surface area contributed by atoms with Gasteiger partial charge in [-0.05, 0) is 48.1 Å². The highest BCUT2D eigenvalue weighted by atomic mass is 32.1. The first-order valence-corrected chi connectivity index (χ1v) is 18.6. The van der Waals surface area contributed by atoms with E-state index in [2.05, 4.69) is 100 Å². The van der Waals surface area contributed by atoms with E-state index in [4.69, 9.17) is 0 Å². The van der Waals surface area contributed by atoms with Gasteiger partial charge in [-0.25, -0.2) is 9.97 Å². The van der Waals surface area contributed by atoms with Crippen molar-refractivity contribution in [3.63, 3.8) is 0 Å². The van der Waals surface area contributed by atoms with Gasteiger partial charge in [-0.1, -0.05) is 106 Å². The molecular weight excluding hydrogens is 617 g/mol. The minimum atomic E-state index is -0.348. The number of rotatable bonds is 3. The predicted molar refractivity (Wildman–Crippen MR) is 192 cm³/mol. The topological polar surface area (TPSA) is 59.9 Å². The Hall–Kier alpha value is -3.48. The summed E-state index contributed by atoms with van der Waals surface area (Å²) in [6.45, 7) is 13.2. The highest BCUT2D eigenvalue weighted by Gasteiger charge is 2.50. The molecule has 0 saturated heterocycles. The van der Waals surface area contributed by atoms with Crippen LogP contribution in [0, 0.1) is 10.8 Å². The lowest BCUT2D eigenvalue weighted by Gasteiger charge is -2.44. The largest absolute Gasteiger partial charge is 0.294 e. The molecule has 4 nitrogen and oxygen atoms in total. The van der Waals surface area contributed by atoms with Crippen LogP contribution in [-0.4, -0.2) is 21.5 Å². The van der Waals surface area contributed by atoms with Gasteiger partial charge < -0.3 is 0 Å². The van der Waals surface area contributed by atoms with Gasteiger partial charge in [0.05, 0.1) is 33.2 Å². The number of carbonyl (C=O) groups is 2. The summed E-state index contributed by atoms with van der Waals surface area (Å²) in [5, 5.41) is 0. The summed E-state index contributed by atoms with van der Waals surface area (Å²) in [6.07, 6.45) is 5.87. The minimum Gasteiger partial charge on any atom is -0.294 e. The van der Waals surface area contributed by atoms with Crippen molar-refractivity contribution in [2.45, 2.75) is 97.3 Å². The van der Waals surface area contributed by atoms with Crippen molar-refractivity contribution in [1.82, 2.24) is 9.97 Å². The molecule has 242 valence electrons. The normalized spacial score (nSPS) is 25.7. The highest BCUT2D eigenvalue weighted by molar-refractivity contribution is 7.10. The second-order valence-electron chi connectivity index (χ2n) is 15.6. The number of benzene rings is 2. The van der Waals surface area contributed by atoms with Gasteiger partial charge in [0.1, 0.15) is 0 Å². The highest BCUT2D eigenvalue weighted by Crippen LogP contribution is 2.55. The molecule has 0 fully saturated rings. The number of hydrogen-bond acceptors (Lipinski definition) is 6. The van der Waals surface area contributed by atoms with E-state index in [0.717, 1.165) is 48.9 Å². The zero-order chi connectivity index (χ0) is 33.2. The number of ketones is 2. The summed E-state index contributed by atoms with van der Waals surface area (Å²) in [4.78, 5) is 38.1. The first-order valence-electron chi connectivity index (χ1n) is 16.9. The molecule has 2 aromatic carbocycles. The smallest absolute Gasteiger partial charge is 0.160 e. The number of Topliss-reactive ketones (excluding diaryl/α,β-unsaturated/α-hetero) is 2. The summed E-state index contributed by atoms with van der Waals surface area (Å²) >= 11 is 3.40. The van der Waals surface area contributed by atoms with Crippen molar-refractivity contribution < 1.29 is 9.59 Å². The van der Waals surface area contributed by atoms with Gasteiger partial charge in [0.15, 0.2) is 11.6 Å². The van der Waals surface area contributed by atoms with E-state index in [-0.39, 0.29) is 21.7 Å². The average molecular weight is 661 g/mol. The third-order valence-corrected chi connectivity index (χ3v) is 13.0. The number of nitrogens with zero attached hydrogens (tertiary/aromatic N) is 2. The van der Waals surface area contributed by atoms with E-state index in [1.807, 2.05) is 23.2 Å². The lowest BCUT2D eigenvalue weighted by Crippen LogP contribution is -2.41. The minimum absolute atomic E-state index is 0.0552. The first kappa shape index (κ1) is 32.1. The van der Waals surface area contributed by atoms with Crippen molar-refractivity contribution >= 4 is 34.2 Å². The van der Waals surface area contributed by atoms with Crippen LogP contribution in [-0.2, 0) is 33.3 Å². The van der Waals surface area contributed by atoms with E-state index >= 15 is 0 Å². The van der Waals surface area contributed by atoms with Crippen molar-refractivity contribution in [2.24, 2.45) is 10.8 Å². The maximum absolute atomic E-state index is 13.3. The molecule has 0 spiro atoms. The van der Waals surface area contributed by atoms with Crippen LogP contribution in [0.3, 0.4) is 0 Å². The van der Waals surface area contributed by atoms with Crippen molar-refractivity contribution in [3.8, 4) is 0 Å². The van der Waals surface area contributed by atoms with Gasteiger partial charge in [-0.2, -0.15) is 0 Å². The Morgan fingerprint density at radius 2 is 1.09 bits per heavy atom. The Kier molecular flexibility index (Phi) is 7.91. The van der Waals surface area contributed by atoms with Crippen LogP contribution >= 0.6 is 22.7 Å². The molecular formula is C41H44N2O2S2. The Morgan fingerprint density at radius 1 is 0.617 bits per heavy atom. The molecule has 0 N–H and O–H groups in total. The number of hydrogen-bond donors (Lipinski definition) is 0. The molecule has 0 amide bonds. The van der Waals surface area contributed by atoms with Crippen LogP contribution in [0.2, 0.25) is 0 Å². The van der Waals surface area contributed by atoms with E-state index in [0.29, 0.717) is 24.4 Å². The molecule has 0 unspecified atom stereocenters. The molecule has 0 saturated carbocycles. The lowest BCUT2D eigenvalue weighted by molar-refractivity contribution is -0.119. The van der Waals surface area contributed by atoms with E-state index in [1.165, 1.54) is 37.7 Å². The van der Waals surface area contributed by atoms with Crippen LogP contribution in [0.4, 0.5) is 0 Å². The fourth-order valence-electron chi connectivity index (χ4n) is 9.13. The SMILES string of the molecule is CC1(C)CC(=O)C2=C(Cc3ncsc3[C@]2(C)c2ccccc2)C1.CC[C@@]1(c2ccccc2)C2=C(Cc3ncsc31)CC(C)(C)CC2=O. The van der Waals surface area contributed by atoms with Gasteiger partial charge in [-0.15, -0.1) is 22.7 Å². The standard InChI is InChI=1S/C21H23NOS.C20H21NOS/c1-4-21(15-8-6-5-7-9-15)18-14(10-16-19(21)24-13-22-16)11-20(2,3)12-17(18)23;1-19(2)10-13-9-15-18(23-12-21-15)20(3,17(13)16(22)11-19)14-7-5-4-6-8-14/h5-9,13H,4,10-12H2,1-3H3;4-8,12H,9-11H2,1-3H3/t21-;20-/m11/s1. The number of aromatic nitrogens is 2. The summed E-state index contributed by atoms with van der Waals surface area (Å²) in [7, 11) is 0.